The van der Waals surface area contributed by atoms with Crippen molar-refractivity contribution in [2.24, 2.45) is 0 Å². The van der Waals surface area contributed by atoms with Crippen molar-refractivity contribution in [2.45, 2.75) is 19.9 Å². The number of aryl methyl sites for hydroxylation is 1. The summed E-state index contributed by atoms with van der Waals surface area (Å²) < 4.78 is 1.16. The van der Waals surface area contributed by atoms with Gasteiger partial charge in [-0.1, -0.05) is 41.4 Å². The number of hydrogen-bond donors (Lipinski definition) is 2. The molecule has 2 atom stereocenters. The van der Waals surface area contributed by atoms with Crippen molar-refractivity contribution in [3.05, 3.63) is 57.0 Å². The zero-order valence-corrected chi connectivity index (χ0v) is 17.1. The highest BCUT2D eigenvalue weighted by molar-refractivity contribution is 7.18. The van der Waals surface area contributed by atoms with Crippen LogP contribution in [0, 0.1) is 6.92 Å². The first-order valence-corrected chi connectivity index (χ1v) is 9.86. The third-order valence-electron chi connectivity index (χ3n) is 4.41. The standard InChI is InChI=1S/C19H19Cl2N3OS/c1-11-8-9-13(20)18(17(11)21)23-16(25)10-24(3)12(2)19-22-14-6-4-5-7-15(14)26-19/h4-9,12H,10H2,1-3H3,(H,23,25)/p+1/t12-/m1/s1. The summed E-state index contributed by atoms with van der Waals surface area (Å²) in [6.45, 7) is 4.24. The lowest BCUT2D eigenvalue weighted by Crippen LogP contribution is -3.10. The number of nitrogens with zero attached hydrogens (tertiary/aromatic N) is 1. The summed E-state index contributed by atoms with van der Waals surface area (Å²) in [6.07, 6.45) is 0. The minimum Gasteiger partial charge on any atom is -0.322 e. The number of quaternary nitrogens is 1. The number of anilines is 1. The maximum atomic E-state index is 12.5. The maximum absolute atomic E-state index is 12.5. The molecule has 2 aromatic carbocycles. The van der Waals surface area contributed by atoms with Crippen LogP contribution in [0.5, 0.6) is 0 Å². The van der Waals surface area contributed by atoms with Gasteiger partial charge in [0.1, 0.15) is 6.04 Å². The van der Waals surface area contributed by atoms with Crippen molar-refractivity contribution in [1.82, 2.24) is 4.98 Å². The predicted octanol–water partition coefficient (Wildman–Crippen LogP) is 4.13. The first kappa shape index (κ1) is 19.1. The minimum absolute atomic E-state index is 0.0987. The van der Waals surface area contributed by atoms with Crippen molar-refractivity contribution in [2.75, 3.05) is 18.9 Å². The van der Waals surface area contributed by atoms with E-state index in [0.29, 0.717) is 15.7 Å². The lowest BCUT2D eigenvalue weighted by molar-refractivity contribution is -0.902. The zero-order valence-electron chi connectivity index (χ0n) is 14.8. The smallest absolute Gasteiger partial charge is 0.279 e. The fourth-order valence-corrected chi connectivity index (χ4v) is 4.22. The van der Waals surface area contributed by atoms with E-state index in [-0.39, 0.29) is 18.5 Å². The highest BCUT2D eigenvalue weighted by Crippen LogP contribution is 2.32. The third-order valence-corrected chi connectivity index (χ3v) is 6.43. The minimum atomic E-state index is -0.134. The second-order valence-electron chi connectivity index (χ2n) is 6.37. The average Bonchev–Trinajstić information content (AvgIpc) is 3.05. The number of para-hydroxylation sites is 1. The second-order valence-corrected chi connectivity index (χ2v) is 8.21. The normalized spacial score (nSPS) is 13.6. The van der Waals surface area contributed by atoms with Gasteiger partial charge in [-0.2, -0.15) is 0 Å². The molecule has 136 valence electrons. The fraction of sp³-hybridized carbons (Fsp3) is 0.263. The van der Waals surface area contributed by atoms with Gasteiger partial charge >= 0.3 is 0 Å². The van der Waals surface area contributed by atoms with Crippen LogP contribution in [0.3, 0.4) is 0 Å². The van der Waals surface area contributed by atoms with Crippen LogP contribution in [-0.4, -0.2) is 24.5 Å². The molecule has 2 N–H and O–H groups in total. The van der Waals surface area contributed by atoms with E-state index in [1.807, 2.05) is 38.2 Å². The Kier molecular flexibility index (Phi) is 5.82. The van der Waals surface area contributed by atoms with Crippen molar-refractivity contribution < 1.29 is 9.69 Å². The number of fused-ring (bicyclic) bond motifs is 1. The summed E-state index contributed by atoms with van der Waals surface area (Å²) in [6, 6.07) is 11.7. The van der Waals surface area contributed by atoms with Crippen molar-refractivity contribution in [3.8, 4) is 0 Å². The third kappa shape index (κ3) is 4.01. The van der Waals surface area contributed by atoms with Crippen LogP contribution in [0.1, 0.15) is 23.5 Å². The van der Waals surface area contributed by atoms with Gasteiger partial charge < -0.3 is 10.2 Å². The SMILES string of the molecule is Cc1ccc(Cl)c(NC(=O)C[NH+](C)[C@H](C)c2nc3ccccc3s2)c1Cl. The first-order chi connectivity index (χ1) is 12.4. The van der Waals surface area contributed by atoms with E-state index in [1.165, 1.54) is 0 Å². The molecule has 0 saturated heterocycles. The van der Waals surface area contributed by atoms with E-state index in [0.717, 1.165) is 25.7 Å². The molecule has 1 amide bonds. The molecule has 0 bridgehead atoms. The molecule has 3 aromatic rings. The molecule has 1 unspecified atom stereocenters. The molecule has 26 heavy (non-hydrogen) atoms. The fourth-order valence-electron chi connectivity index (χ4n) is 2.65. The zero-order chi connectivity index (χ0) is 18.8. The molecule has 0 aliphatic heterocycles. The molecule has 0 fully saturated rings. The summed E-state index contributed by atoms with van der Waals surface area (Å²) in [5.74, 6) is -0.134. The molecular weight excluding hydrogens is 389 g/mol. The summed E-state index contributed by atoms with van der Waals surface area (Å²) >= 11 is 14.1. The van der Waals surface area contributed by atoms with E-state index in [2.05, 4.69) is 23.3 Å². The molecule has 0 spiro atoms. The van der Waals surface area contributed by atoms with Gasteiger partial charge in [-0.25, -0.2) is 4.98 Å². The van der Waals surface area contributed by atoms with E-state index < -0.39 is 0 Å². The molecular formula is C19H20Cl2N3OS+. The Bertz CT molecular complexity index is 924. The Hall–Kier alpha value is -1.66. The van der Waals surface area contributed by atoms with Crippen LogP contribution >= 0.6 is 34.5 Å². The van der Waals surface area contributed by atoms with Gasteiger partial charge in [-0.05, 0) is 37.6 Å². The number of carbonyl (C=O) groups excluding carboxylic acids is 1. The number of rotatable bonds is 5. The van der Waals surface area contributed by atoms with Crippen LogP contribution < -0.4 is 10.2 Å². The number of amides is 1. The molecule has 0 saturated carbocycles. The van der Waals surface area contributed by atoms with Crippen molar-refractivity contribution in [1.29, 1.82) is 0 Å². The summed E-state index contributed by atoms with van der Waals surface area (Å²) in [5, 5.41) is 4.77. The van der Waals surface area contributed by atoms with Crippen molar-refractivity contribution >= 4 is 56.3 Å². The highest BCUT2D eigenvalue weighted by Gasteiger charge is 2.23. The predicted molar refractivity (Wildman–Crippen MR) is 110 cm³/mol. The summed E-state index contributed by atoms with van der Waals surface area (Å²) in [7, 11) is 1.98. The van der Waals surface area contributed by atoms with Crippen LogP contribution in [0.15, 0.2) is 36.4 Å². The van der Waals surface area contributed by atoms with E-state index in [4.69, 9.17) is 23.2 Å². The van der Waals surface area contributed by atoms with Crippen molar-refractivity contribution in [3.63, 3.8) is 0 Å². The lowest BCUT2D eigenvalue weighted by Gasteiger charge is -2.20. The number of aromatic nitrogens is 1. The van der Waals surface area contributed by atoms with Crippen LogP contribution in [0.25, 0.3) is 10.2 Å². The lowest BCUT2D eigenvalue weighted by atomic mass is 10.2. The van der Waals surface area contributed by atoms with Gasteiger partial charge in [0.15, 0.2) is 11.6 Å². The van der Waals surface area contributed by atoms with Gasteiger partial charge in [0.05, 0.1) is 33.0 Å². The molecule has 3 rings (SSSR count). The number of nitrogens with one attached hydrogen (secondary N) is 2. The number of hydrogen-bond acceptors (Lipinski definition) is 3. The van der Waals surface area contributed by atoms with Gasteiger partial charge in [0.25, 0.3) is 5.91 Å². The quantitative estimate of drug-likeness (QED) is 0.666. The Labute approximate surface area is 166 Å². The first-order valence-electron chi connectivity index (χ1n) is 8.29. The van der Waals surface area contributed by atoms with Gasteiger partial charge in [-0.15, -0.1) is 11.3 Å². The largest absolute Gasteiger partial charge is 0.322 e. The van der Waals surface area contributed by atoms with E-state index in [1.54, 1.807) is 17.4 Å². The number of likely N-dealkylation sites (N-methyl/N-ethyl adjacent to an activating group) is 1. The second kappa shape index (κ2) is 7.92. The van der Waals surface area contributed by atoms with Crippen LogP contribution in [0.4, 0.5) is 5.69 Å². The summed E-state index contributed by atoms with van der Waals surface area (Å²) in [4.78, 5) is 18.2. The number of halogens is 2. The highest BCUT2D eigenvalue weighted by atomic mass is 35.5. The number of thiazole rings is 1. The van der Waals surface area contributed by atoms with Crippen LogP contribution in [0.2, 0.25) is 10.0 Å². The molecule has 1 aromatic heterocycles. The maximum Gasteiger partial charge on any atom is 0.279 e. The van der Waals surface area contributed by atoms with E-state index in [9.17, 15) is 4.79 Å². The van der Waals surface area contributed by atoms with Gasteiger partial charge in [0, 0.05) is 0 Å². The Morgan fingerprint density at radius 1 is 1.27 bits per heavy atom. The summed E-state index contributed by atoms with van der Waals surface area (Å²) in [5.41, 5.74) is 2.34. The molecule has 1 heterocycles. The monoisotopic (exact) mass is 408 g/mol. The Morgan fingerprint density at radius 3 is 2.73 bits per heavy atom. The van der Waals surface area contributed by atoms with Gasteiger partial charge in [-0.3, -0.25) is 4.79 Å². The topological polar surface area (TPSA) is 46.4 Å². The Morgan fingerprint density at radius 2 is 2.00 bits per heavy atom. The molecule has 7 heteroatoms. The van der Waals surface area contributed by atoms with E-state index >= 15 is 0 Å². The molecule has 0 radical (unpaired) electrons. The number of carbonyl (C=O) groups is 1. The Balaban J connectivity index is 1.70. The molecule has 0 aliphatic rings. The number of benzene rings is 2. The molecule has 0 aliphatic carbocycles. The molecule has 4 nitrogen and oxygen atoms in total. The van der Waals surface area contributed by atoms with Gasteiger partial charge in [0.2, 0.25) is 0 Å². The van der Waals surface area contributed by atoms with Crippen LogP contribution in [-0.2, 0) is 4.79 Å². The average molecular weight is 409 g/mol.